The number of primary amides is 1. The van der Waals surface area contributed by atoms with E-state index in [9.17, 15) is 24.3 Å². The van der Waals surface area contributed by atoms with Crippen molar-refractivity contribution in [2.75, 3.05) is 46.9 Å². The molecular formula is C34H43N5O6. The molecule has 2 aliphatic heterocycles. The lowest BCUT2D eigenvalue weighted by Crippen LogP contribution is -2.52. The molecule has 3 aromatic rings. The highest BCUT2D eigenvalue weighted by molar-refractivity contribution is 6.13. The van der Waals surface area contributed by atoms with Crippen LogP contribution < -0.4 is 10.5 Å². The lowest BCUT2D eigenvalue weighted by Gasteiger charge is -2.37. The van der Waals surface area contributed by atoms with E-state index in [1.54, 1.807) is 17.7 Å². The number of aryl methyl sites for hydroxylation is 1. The molecule has 0 saturated carbocycles. The first kappa shape index (κ1) is 32.2. The maximum atomic E-state index is 13.1. The molecule has 3 heterocycles. The summed E-state index contributed by atoms with van der Waals surface area (Å²) in [6, 6.07) is 7.33. The molecule has 11 nitrogen and oxygen atoms in total. The molecule has 1 atom stereocenters. The molecule has 0 spiro atoms. The first-order valence-electron chi connectivity index (χ1n) is 15.4. The van der Waals surface area contributed by atoms with Crippen molar-refractivity contribution in [2.45, 2.75) is 51.6 Å². The van der Waals surface area contributed by atoms with E-state index in [-0.39, 0.29) is 34.5 Å². The fourth-order valence-electron chi connectivity index (χ4n) is 7.09. The molecule has 2 fully saturated rings. The van der Waals surface area contributed by atoms with Crippen LogP contribution in [-0.4, -0.2) is 101 Å². The van der Waals surface area contributed by atoms with Crippen LogP contribution >= 0.6 is 0 Å². The number of para-hydroxylation sites is 1. The number of fused-ring (bicyclic) bond motifs is 1. The van der Waals surface area contributed by atoms with Crippen molar-refractivity contribution < 1.29 is 29.0 Å². The van der Waals surface area contributed by atoms with Crippen molar-refractivity contribution in [3.63, 3.8) is 0 Å². The molecule has 240 valence electrons. The second-order valence-electron chi connectivity index (χ2n) is 13.2. The monoisotopic (exact) mass is 617 g/mol. The number of methoxy groups -OCH3 is 1. The Kier molecular flexibility index (Phi) is 8.79. The van der Waals surface area contributed by atoms with Crippen molar-refractivity contribution in [3.8, 4) is 16.9 Å². The summed E-state index contributed by atoms with van der Waals surface area (Å²) in [5.41, 5.74) is 8.34. The molecule has 0 aliphatic carbocycles. The van der Waals surface area contributed by atoms with Crippen LogP contribution in [0, 0.1) is 0 Å². The number of carboxylic acid groups (broad SMARTS) is 1. The van der Waals surface area contributed by atoms with Gasteiger partial charge in [0.1, 0.15) is 11.4 Å². The molecular weight excluding hydrogens is 574 g/mol. The Morgan fingerprint density at radius 1 is 1.07 bits per heavy atom. The summed E-state index contributed by atoms with van der Waals surface area (Å²) in [7, 11) is 5.09. The summed E-state index contributed by atoms with van der Waals surface area (Å²) in [6.07, 6.45) is 2.55. The van der Waals surface area contributed by atoms with Gasteiger partial charge >= 0.3 is 5.97 Å². The van der Waals surface area contributed by atoms with Crippen molar-refractivity contribution in [2.24, 2.45) is 12.8 Å². The Morgan fingerprint density at radius 2 is 1.76 bits per heavy atom. The quantitative estimate of drug-likeness (QED) is 0.367. The van der Waals surface area contributed by atoms with E-state index in [2.05, 4.69) is 9.80 Å². The number of hydrogen-bond acceptors (Lipinski definition) is 7. The Bertz CT molecular complexity index is 1680. The van der Waals surface area contributed by atoms with Gasteiger partial charge < -0.3 is 25.0 Å². The maximum absolute atomic E-state index is 13.1. The summed E-state index contributed by atoms with van der Waals surface area (Å²) in [5, 5.41) is 11.2. The van der Waals surface area contributed by atoms with Crippen molar-refractivity contribution >= 4 is 35.0 Å². The molecule has 11 heteroatoms. The molecule has 1 aromatic heterocycles. The zero-order chi connectivity index (χ0) is 32.8. The second kappa shape index (κ2) is 12.3. The minimum atomic E-state index is -1.15. The highest BCUT2D eigenvalue weighted by Crippen LogP contribution is 2.46. The fraction of sp³-hybridized carbons (Fsp3) is 0.471. The topological polar surface area (TPSA) is 138 Å². The first-order chi connectivity index (χ1) is 21.3. The van der Waals surface area contributed by atoms with Gasteiger partial charge in [-0.2, -0.15) is 0 Å². The number of amides is 2. The molecule has 45 heavy (non-hydrogen) atoms. The lowest BCUT2D eigenvalue weighted by molar-refractivity contribution is -0.137. The van der Waals surface area contributed by atoms with E-state index in [0.717, 1.165) is 30.5 Å². The molecule has 2 saturated heterocycles. The number of nitrogens with two attached hydrogens (primary N) is 1. The molecule has 2 amide bonds. The van der Waals surface area contributed by atoms with Gasteiger partial charge in [-0.25, -0.2) is 4.79 Å². The Hall–Kier alpha value is -4.22. The van der Waals surface area contributed by atoms with Crippen LogP contribution in [0.4, 0.5) is 0 Å². The highest BCUT2D eigenvalue weighted by atomic mass is 16.5. The zero-order valence-electron chi connectivity index (χ0n) is 27.0. The van der Waals surface area contributed by atoms with Gasteiger partial charge in [0.05, 0.1) is 29.8 Å². The number of carbonyl (C=O) groups excluding carboxylic acids is 3. The van der Waals surface area contributed by atoms with Gasteiger partial charge in [-0.05, 0) is 49.0 Å². The molecule has 2 aromatic carbocycles. The molecule has 2 aliphatic rings. The van der Waals surface area contributed by atoms with Crippen molar-refractivity contribution in [1.29, 1.82) is 0 Å². The minimum Gasteiger partial charge on any atom is -0.495 e. The number of aldehydes is 1. The van der Waals surface area contributed by atoms with Crippen LogP contribution in [-0.2, 0) is 23.8 Å². The predicted molar refractivity (Wildman–Crippen MR) is 172 cm³/mol. The number of benzene rings is 2. The van der Waals surface area contributed by atoms with E-state index in [1.165, 1.54) is 7.11 Å². The smallest absolute Gasteiger partial charge is 0.353 e. The van der Waals surface area contributed by atoms with Crippen LogP contribution in [0.15, 0.2) is 24.3 Å². The number of hydrogen-bond donors (Lipinski definition) is 2. The third-order valence-electron chi connectivity index (χ3n) is 9.34. The molecule has 0 radical (unpaired) electrons. The Morgan fingerprint density at radius 3 is 2.29 bits per heavy atom. The lowest BCUT2D eigenvalue weighted by atomic mass is 9.78. The number of aromatic nitrogens is 1. The van der Waals surface area contributed by atoms with Crippen LogP contribution in [0.2, 0.25) is 0 Å². The SMILES string of the molecule is COc1c(C(N)=O)cc(C(C)(C)C)c(-c2c(C(=O)O)n(C)c3c(CN4CCN(C(=O)C5CCCN5C)CC4)cccc23)c1C=O. The largest absolute Gasteiger partial charge is 0.495 e. The van der Waals surface area contributed by atoms with Gasteiger partial charge in [-0.15, -0.1) is 0 Å². The number of likely N-dealkylation sites (tertiary alicyclic amines) is 1. The van der Waals surface area contributed by atoms with E-state index in [1.807, 2.05) is 50.9 Å². The number of ether oxygens (including phenoxy) is 1. The Labute approximate surface area is 263 Å². The molecule has 0 bridgehead atoms. The van der Waals surface area contributed by atoms with Crippen molar-refractivity contribution in [3.05, 3.63) is 52.2 Å². The normalized spacial score (nSPS) is 18.0. The zero-order valence-corrected chi connectivity index (χ0v) is 27.0. The second-order valence-corrected chi connectivity index (χ2v) is 13.2. The molecule has 5 rings (SSSR count). The maximum Gasteiger partial charge on any atom is 0.353 e. The number of carboxylic acids is 1. The van der Waals surface area contributed by atoms with Gasteiger partial charge in [0.2, 0.25) is 5.91 Å². The van der Waals surface area contributed by atoms with Crippen LogP contribution in [0.25, 0.3) is 22.0 Å². The van der Waals surface area contributed by atoms with Gasteiger partial charge in [-0.1, -0.05) is 39.0 Å². The van der Waals surface area contributed by atoms with E-state index in [0.29, 0.717) is 61.1 Å². The van der Waals surface area contributed by atoms with Crippen molar-refractivity contribution in [1.82, 2.24) is 19.3 Å². The number of piperazine rings is 1. The van der Waals surface area contributed by atoms with Crippen LogP contribution in [0.5, 0.6) is 5.75 Å². The van der Waals surface area contributed by atoms with Crippen LogP contribution in [0.1, 0.15) is 75.9 Å². The van der Waals surface area contributed by atoms with E-state index >= 15 is 0 Å². The average Bonchev–Trinajstić information content (AvgIpc) is 3.56. The van der Waals surface area contributed by atoms with E-state index < -0.39 is 17.3 Å². The summed E-state index contributed by atoms with van der Waals surface area (Å²) in [5.74, 6) is -1.68. The van der Waals surface area contributed by atoms with Gasteiger partial charge in [-0.3, -0.25) is 24.2 Å². The Balaban J connectivity index is 1.60. The summed E-state index contributed by atoms with van der Waals surface area (Å²) < 4.78 is 7.22. The third-order valence-corrected chi connectivity index (χ3v) is 9.34. The highest BCUT2D eigenvalue weighted by Gasteiger charge is 2.35. The number of carbonyl (C=O) groups is 4. The van der Waals surface area contributed by atoms with E-state index in [4.69, 9.17) is 10.5 Å². The summed E-state index contributed by atoms with van der Waals surface area (Å²) in [6.45, 7) is 10.0. The molecule has 1 unspecified atom stereocenters. The number of aromatic carboxylic acids is 1. The summed E-state index contributed by atoms with van der Waals surface area (Å²) in [4.78, 5) is 57.6. The number of nitrogens with zero attached hydrogens (tertiary/aromatic N) is 4. The fourth-order valence-corrected chi connectivity index (χ4v) is 7.09. The third kappa shape index (κ3) is 5.70. The predicted octanol–water partition coefficient (Wildman–Crippen LogP) is 3.50. The molecule has 3 N–H and O–H groups in total. The first-order valence-corrected chi connectivity index (χ1v) is 15.4. The minimum absolute atomic E-state index is 0.0150. The standard InChI is InChI=1S/C34H43N5O6/c1-34(2,3)24-17-22(31(35)41)30(45-6)23(19-40)26(24)27-21-10-7-9-20(28(21)37(5)29(27)33(43)44)18-38-13-15-39(16-14-38)32(42)25-11-8-12-36(25)4/h7,9-10,17,19,25H,8,11-16,18H2,1-6H3,(H2,35,41)(H,43,44). The van der Waals surface area contributed by atoms with Gasteiger partial charge in [0.15, 0.2) is 6.29 Å². The van der Waals surface area contributed by atoms with Gasteiger partial charge in [0.25, 0.3) is 5.91 Å². The van der Waals surface area contributed by atoms with Gasteiger partial charge in [0, 0.05) is 56.3 Å². The average molecular weight is 618 g/mol. The van der Waals surface area contributed by atoms with Crippen LogP contribution in [0.3, 0.4) is 0 Å². The number of likely N-dealkylation sites (N-methyl/N-ethyl adjacent to an activating group) is 1. The summed E-state index contributed by atoms with van der Waals surface area (Å²) >= 11 is 0. The number of rotatable bonds is 8.